The first-order valence-electron chi connectivity index (χ1n) is 4.80. The summed E-state index contributed by atoms with van der Waals surface area (Å²) in [7, 11) is 0. The minimum atomic E-state index is 0.160. The van der Waals surface area contributed by atoms with Crippen LogP contribution in [0.15, 0.2) is 16.6 Å². The quantitative estimate of drug-likeness (QED) is 0.872. The Morgan fingerprint density at radius 2 is 2.07 bits per heavy atom. The molecule has 1 aromatic rings. The van der Waals surface area contributed by atoms with Gasteiger partial charge in [-0.3, -0.25) is 0 Å². The van der Waals surface area contributed by atoms with Crippen molar-refractivity contribution in [2.75, 3.05) is 6.61 Å². The molecular formula is C11H15BrO2. The van der Waals surface area contributed by atoms with Gasteiger partial charge in [0.15, 0.2) is 0 Å². The van der Waals surface area contributed by atoms with Gasteiger partial charge in [-0.15, -0.1) is 0 Å². The lowest BCUT2D eigenvalue weighted by Gasteiger charge is -2.08. The maximum absolute atomic E-state index is 9.72. The lowest BCUT2D eigenvalue weighted by molar-refractivity contribution is 0.288. The van der Waals surface area contributed by atoms with E-state index in [0.29, 0.717) is 12.2 Å². The van der Waals surface area contributed by atoms with E-state index in [4.69, 9.17) is 5.11 Å². The molecule has 0 aliphatic heterocycles. The molecule has 0 saturated carbocycles. The van der Waals surface area contributed by atoms with Crippen LogP contribution in [0.3, 0.4) is 0 Å². The minimum Gasteiger partial charge on any atom is -0.506 e. The number of aliphatic hydroxyl groups excluding tert-OH is 1. The van der Waals surface area contributed by atoms with Crippen LogP contribution in [0.25, 0.3) is 0 Å². The number of phenols is 1. The molecule has 78 valence electrons. The second-order valence-corrected chi connectivity index (χ2v) is 4.12. The number of phenolic OH excluding ortho intramolecular Hbond substituents is 1. The summed E-state index contributed by atoms with van der Waals surface area (Å²) in [4.78, 5) is 0. The van der Waals surface area contributed by atoms with Crippen molar-refractivity contribution < 1.29 is 10.2 Å². The van der Waals surface area contributed by atoms with Crippen molar-refractivity contribution in [3.63, 3.8) is 0 Å². The highest BCUT2D eigenvalue weighted by Gasteiger charge is 2.06. The van der Waals surface area contributed by atoms with E-state index in [1.807, 2.05) is 12.1 Å². The summed E-state index contributed by atoms with van der Waals surface area (Å²) in [5, 5.41) is 18.4. The third-order valence-corrected chi connectivity index (χ3v) is 2.82. The Kier molecular flexibility index (Phi) is 4.42. The molecule has 3 heteroatoms. The van der Waals surface area contributed by atoms with Gasteiger partial charge in [0.2, 0.25) is 0 Å². The van der Waals surface area contributed by atoms with Crippen LogP contribution in [0.5, 0.6) is 5.75 Å². The first kappa shape index (κ1) is 11.5. The minimum absolute atomic E-state index is 0.160. The topological polar surface area (TPSA) is 40.5 Å². The fourth-order valence-electron chi connectivity index (χ4n) is 1.38. The zero-order valence-corrected chi connectivity index (χ0v) is 9.84. The molecule has 0 radical (unpaired) electrons. The van der Waals surface area contributed by atoms with E-state index in [9.17, 15) is 5.11 Å². The molecule has 0 bridgehead atoms. The van der Waals surface area contributed by atoms with Gasteiger partial charge in [-0.05, 0) is 52.4 Å². The molecule has 14 heavy (non-hydrogen) atoms. The van der Waals surface area contributed by atoms with Gasteiger partial charge in [-0.2, -0.15) is 0 Å². The van der Waals surface area contributed by atoms with E-state index >= 15 is 0 Å². The molecule has 1 aromatic carbocycles. The van der Waals surface area contributed by atoms with Gasteiger partial charge in [0, 0.05) is 6.61 Å². The Morgan fingerprint density at radius 1 is 1.36 bits per heavy atom. The van der Waals surface area contributed by atoms with Crippen molar-refractivity contribution in [1.29, 1.82) is 0 Å². The van der Waals surface area contributed by atoms with E-state index in [1.165, 1.54) is 5.56 Å². The molecule has 2 N–H and O–H groups in total. The van der Waals surface area contributed by atoms with Crippen molar-refractivity contribution in [2.45, 2.75) is 26.2 Å². The molecule has 1 rings (SSSR count). The number of halogens is 1. The fraction of sp³-hybridized carbons (Fsp3) is 0.455. The summed E-state index contributed by atoms with van der Waals surface area (Å²) in [5.74, 6) is 0.302. The second kappa shape index (κ2) is 5.37. The lowest BCUT2D eigenvalue weighted by Crippen LogP contribution is -1.93. The molecule has 0 fully saturated rings. The Morgan fingerprint density at radius 3 is 2.64 bits per heavy atom. The summed E-state index contributed by atoms with van der Waals surface area (Å²) in [5.41, 5.74) is 2.10. The molecule has 0 heterocycles. The number of aryl methyl sites for hydroxylation is 2. The molecule has 0 spiro atoms. The number of rotatable bonds is 4. The Bertz CT molecular complexity index is 310. The van der Waals surface area contributed by atoms with Crippen molar-refractivity contribution in [1.82, 2.24) is 0 Å². The standard InChI is InChI=1S/C11H15BrO2/c1-2-8-6-9(4-3-5-13)11(14)10(12)7-8/h6-7,13-14H,2-5H2,1H3. The SMILES string of the molecule is CCc1cc(Br)c(O)c(CCCO)c1. The third kappa shape index (κ3) is 2.72. The normalized spacial score (nSPS) is 10.5. The van der Waals surface area contributed by atoms with E-state index in [1.54, 1.807) is 0 Å². The Balaban J connectivity index is 2.95. The van der Waals surface area contributed by atoms with Gasteiger partial charge in [-0.25, -0.2) is 0 Å². The first-order valence-corrected chi connectivity index (χ1v) is 5.59. The number of hydrogen-bond acceptors (Lipinski definition) is 2. The maximum atomic E-state index is 9.72. The van der Waals surface area contributed by atoms with Crippen molar-refractivity contribution in [2.24, 2.45) is 0 Å². The fourth-order valence-corrected chi connectivity index (χ4v) is 1.93. The molecule has 0 unspecified atom stereocenters. The van der Waals surface area contributed by atoms with E-state index in [0.717, 1.165) is 22.9 Å². The number of aliphatic hydroxyl groups is 1. The summed E-state index contributed by atoms with van der Waals surface area (Å²) >= 11 is 3.32. The molecule has 0 aromatic heterocycles. The van der Waals surface area contributed by atoms with Crippen molar-refractivity contribution >= 4 is 15.9 Å². The van der Waals surface area contributed by atoms with Gasteiger partial charge in [0.1, 0.15) is 5.75 Å². The Labute approximate surface area is 92.7 Å². The van der Waals surface area contributed by atoms with Gasteiger partial charge in [-0.1, -0.05) is 13.0 Å². The average molecular weight is 259 g/mol. The third-order valence-electron chi connectivity index (χ3n) is 2.21. The van der Waals surface area contributed by atoms with Crippen LogP contribution < -0.4 is 0 Å². The molecule has 0 aliphatic rings. The predicted molar refractivity (Wildman–Crippen MR) is 60.6 cm³/mol. The van der Waals surface area contributed by atoms with Crippen molar-refractivity contribution in [3.8, 4) is 5.75 Å². The largest absolute Gasteiger partial charge is 0.506 e. The van der Waals surface area contributed by atoms with Crippen LogP contribution in [0.4, 0.5) is 0 Å². The molecule has 0 aliphatic carbocycles. The van der Waals surface area contributed by atoms with Crippen molar-refractivity contribution in [3.05, 3.63) is 27.7 Å². The molecule has 0 saturated heterocycles. The zero-order chi connectivity index (χ0) is 10.6. The van der Waals surface area contributed by atoms with Crippen LogP contribution in [0, 0.1) is 0 Å². The highest BCUT2D eigenvalue weighted by atomic mass is 79.9. The predicted octanol–water partition coefficient (Wildman–Crippen LogP) is 2.64. The van der Waals surface area contributed by atoms with Crippen LogP contribution in [-0.2, 0) is 12.8 Å². The van der Waals surface area contributed by atoms with Gasteiger partial charge in [0.05, 0.1) is 4.47 Å². The van der Waals surface area contributed by atoms with E-state index in [2.05, 4.69) is 22.9 Å². The summed E-state index contributed by atoms with van der Waals surface area (Å²) in [6.45, 7) is 2.24. The van der Waals surface area contributed by atoms with Crippen LogP contribution in [-0.4, -0.2) is 16.8 Å². The highest BCUT2D eigenvalue weighted by Crippen LogP contribution is 2.30. The molecular weight excluding hydrogens is 244 g/mol. The summed E-state index contributed by atoms with van der Waals surface area (Å²) in [6.07, 6.45) is 2.35. The maximum Gasteiger partial charge on any atom is 0.132 e. The van der Waals surface area contributed by atoms with Crippen LogP contribution in [0.2, 0.25) is 0 Å². The molecule has 2 nitrogen and oxygen atoms in total. The second-order valence-electron chi connectivity index (χ2n) is 3.27. The monoisotopic (exact) mass is 258 g/mol. The van der Waals surface area contributed by atoms with Gasteiger partial charge >= 0.3 is 0 Å². The molecule has 0 amide bonds. The van der Waals surface area contributed by atoms with Crippen LogP contribution >= 0.6 is 15.9 Å². The number of hydrogen-bond donors (Lipinski definition) is 2. The van der Waals surface area contributed by atoms with E-state index in [-0.39, 0.29) is 6.61 Å². The number of benzene rings is 1. The Hall–Kier alpha value is -0.540. The summed E-state index contributed by atoms with van der Waals surface area (Å²) < 4.78 is 0.741. The van der Waals surface area contributed by atoms with Gasteiger partial charge in [0.25, 0.3) is 0 Å². The smallest absolute Gasteiger partial charge is 0.132 e. The first-order chi connectivity index (χ1) is 6.69. The average Bonchev–Trinajstić information content (AvgIpc) is 2.20. The zero-order valence-electron chi connectivity index (χ0n) is 8.26. The lowest BCUT2D eigenvalue weighted by atomic mass is 10.0. The number of aromatic hydroxyl groups is 1. The molecule has 0 atom stereocenters. The van der Waals surface area contributed by atoms with E-state index < -0.39 is 0 Å². The van der Waals surface area contributed by atoms with Gasteiger partial charge < -0.3 is 10.2 Å². The highest BCUT2D eigenvalue weighted by molar-refractivity contribution is 9.10. The van der Waals surface area contributed by atoms with Crippen LogP contribution in [0.1, 0.15) is 24.5 Å². The summed E-state index contributed by atoms with van der Waals surface area (Å²) in [6, 6.07) is 3.92.